The first-order chi connectivity index (χ1) is 12.0. The van der Waals surface area contributed by atoms with Gasteiger partial charge in [-0.05, 0) is 25.1 Å². The molecule has 0 radical (unpaired) electrons. The number of hydrogen-bond acceptors (Lipinski definition) is 5. The van der Waals surface area contributed by atoms with Crippen molar-refractivity contribution in [2.24, 2.45) is 0 Å². The van der Waals surface area contributed by atoms with Crippen LogP contribution < -0.4 is 24.3 Å². The third kappa shape index (κ3) is 4.93. The Bertz CT molecular complexity index is 728. The Morgan fingerprint density at radius 2 is 1.56 bits per heavy atom. The predicted octanol–water partition coefficient (Wildman–Crippen LogP) is 3.77. The van der Waals surface area contributed by atoms with E-state index < -0.39 is 6.10 Å². The first-order valence-electron chi connectivity index (χ1n) is 7.51. The van der Waals surface area contributed by atoms with Crippen LogP contribution in [0.5, 0.6) is 23.0 Å². The molecule has 0 saturated carbocycles. The molecule has 0 spiro atoms. The highest BCUT2D eigenvalue weighted by atomic mass is 35.5. The number of rotatable bonds is 7. The summed E-state index contributed by atoms with van der Waals surface area (Å²) in [5.41, 5.74) is 0.550. The minimum atomic E-state index is -0.738. The van der Waals surface area contributed by atoms with E-state index in [9.17, 15) is 4.79 Å². The summed E-state index contributed by atoms with van der Waals surface area (Å²) in [6, 6.07) is 10.1. The van der Waals surface area contributed by atoms with Crippen LogP contribution in [0.25, 0.3) is 0 Å². The normalized spacial score (nSPS) is 11.4. The van der Waals surface area contributed by atoms with E-state index in [1.165, 1.54) is 7.11 Å². The van der Waals surface area contributed by atoms with Gasteiger partial charge in [0.1, 0.15) is 23.0 Å². The maximum atomic E-state index is 12.3. The molecule has 0 aromatic heterocycles. The van der Waals surface area contributed by atoms with Crippen molar-refractivity contribution in [1.29, 1.82) is 0 Å². The number of methoxy groups -OCH3 is 3. The van der Waals surface area contributed by atoms with Gasteiger partial charge in [-0.3, -0.25) is 4.79 Å². The molecule has 2 aromatic carbocycles. The number of anilines is 1. The molecule has 0 bridgehead atoms. The van der Waals surface area contributed by atoms with Crippen molar-refractivity contribution in [3.05, 3.63) is 41.4 Å². The van der Waals surface area contributed by atoms with E-state index >= 15 is 0 Å². The maximum Gasteiger partial charge on any atom is 0.265 e. The molecule has 25 heavy (non-hydrogen) atoms. The molecule has 134 valence electrons. The number of halogens is 1. The monoisotopic (exact) mass is 365 g/mol. The van der Waals surface area contributed by atoms with Crippen LogP contribution in [0.4, 0.5) is 5.69 Å². The molecule has 6 nitrogen and oxygen atoms in total. The molecular formula is C18H20ClNO5. The topological polar surface area (TPSA) is 66.0 Å². The second kappa shape index (κ2) is 8.48. The van der Waals surface area contributed by atoms with Crippen LogP contribution in [-0.4, -0.2) is 33.3 Å². The molecule has 0 unspecified atom stereocenters. The summed E-state index contributed by atoms with van der Waals surface area (Å²) in [6.07, 6.45) is -0.738. The van der Waals surface area contributed by atoms with Crippen LogP contribution in [0.15, 0.2) is 36.4 Å². The highest BCUT2D eigenvalue weighted by molar-refractivity contribution is 6.32. The average molecular weight is 366 g/mol. The molecule has 1 amide bonds. The number of carbonyl (C=O) groups excluding carboxylic acids is 1. The lowest BCUT2D eigenvalue weighted by molar-refractivity contribution is -0.122. The van der Waals surface area contributed by atoms with E-state index in [1.807, 2.05) is 0 Å². The first kappa shape index (κ1) is 18.7. The lowest BCUT2D eigenvalue weighted by atomic mass is 10.2. The number of ether oxygens (including phenoxy) is 4. The summed E-state index contributed by atoms with van der Waals surface area (Å²) >= 11 is 6.05. The molecule has 0 fully saturated rings. The van der Waals surface area contributed by atoms with Gasteiger partial charge in [0.25, 0.3) is 5.91 Å². The molecule has 0 aliphatic rings. The Hall–Kier alpha value is -2.60. The van der Waals surface area contributed by atoms with Gasteiger partial charge < -0.3 is 24.3 Å². The van der Waals surface area contributed by atoms with E-state index in [0.717, 1.165) is 0 Å². The van der Waals surface area contributed by atoms with Gasteiger partial charge in [-0.25, -0.2) is 0 Å². The number of nitrogens with one attached hydrogen (secondary N) is 1. The first-order valence-corrected chi connectivity index (χ1v) is 7.88. The Balaban J connectivity index is 2.06. The highest BCUT2D eigenvalue weighted by Gasteiger charge is 2.16. The molecule has 1 N–H and O–H groups in total. The largest absolute Gasteiger partial charge is 0.496 e. The third-order valence-corrected chi connectivity index (χ3v) is 3.72. The molecule has 2 aromatic rings. The lowest BCUT2D eigenvalue weighted by Gasteiger charge is -2.16. The van der Waals surface area contributed by atoms with Crippen LogP contribution in [0.2, 0.25) is 5.02 Å². The molecule has 0 saturated heterocycles. The number of hydrogen-bond donors (Lipinski definition) is 1. The zero-order valence-corrected chi connectivity index (χ0v) is 15.2. The van der Waals surface area contributed by atoms with Gasteiger partial charge in [0.15, 0.2) is 6.10 Å². The minimum absolute atomic E-state index is 0.317. The van der Waals surface area contributed by atoms with Crippen molar-refractivity contribution in [2.75, 3.05) is 26.6 Å². The smallest absolute Gasteiger partial charge is 0.265 e. The molecule has 0 aliphatic carbocycles. The number of carbonyl (C=O) groups is 1. The van der Waals surface area contributed by atoms with Crippen LogP contribution in [0, 0.1) is 0 Å². The van der Waals surface area contributed by atoms with E-state index in [4.69, 9.17) is 30.5 Å². The Labute approximate surface area is 151 Å². The van der Waals surface area contributed by atoms with Gasteiger partial charge in [-0.15, -0.1) is 0 Å². The molecule has 1 atom stereocenters. The van der Waals surface area contributed by atoms with Crippen LogP contribution in [-0.2, 0) is 4.79 Å². The van der Waals surface area contributed by atoms with Gasteiger partial charge in [-0.1, -0.05) is 11.6 Å². The van der Waals surface area contributed by atoms with Crippen LogP contribution in [0.3, 0.4) is 0 Å². The van der Waals surface area contributed by atoms with Crippen molar-refractivity contribution < 1.29 is 23.7 Å². The van der Waals surface area contributed by atoms with Crippen LogP contribution >= 0.6 is 11.6 Å². The maximum absolute atomic E-state index is 12.3. The van der Waals surface area contributed by atoms with Crippen molar-refractivity contribution in [3.8, 4) is 23.0 Å². The molecular weight excluding hydrogens is 346 g/mol. The summed E-state index contributed by atoms with van der Waals surface area (Å²) in [5.74, 6) is 1.83. The minimum Gasteiger partial charge on any atom is -0.496 e. The second-order valence-electron chi connectivity index (χ2n) is 5.15. The fraction of sp³-hybridized carbons (Fsp3) is 0.278. The molecule has 7 heteroatoms. The Morgan fingerprint density at radius 3 is 2.08 bits per heavy atom. The molecule has 2 rings (SSSR count). The van der Waals surface area contributed by atoms with Gasteiger partial charge >= 0.3 is 0 Å². The summed E-state index contributed by atoms with van der Waals surface area (Å²) in [5, 5.41) is 3.15. The fourth-order valence-corrected chi connectivity index (χ4v) is 2.35. The van der Waals surface area contributed by atoms with Gasteiger partial charge in [0.2, 0.25) is 0 Å². The summed E-state index contributed by atoms with van der Waals surface area (Å²) in [4.78, 5) is 12.3. The standard InChI is InChI=1S/C18H20ClNO5/c1-11(25-15-9-13(22-2)8-14(10-15)23-3)18(21)20-12-5-6-17(24-4)16(19)7-12/h5-11H,1-4H3,(H,20,21)/t11-/m1/s1. The second-order valence-corrected chi connectivity index (χ2v) is 5.55. The quantitative estimate of drug-likeness (QED) is 0.809. The zero-order chi connectivity index (χ0) is 18.4. The van der Waals surface area contributed by atoms with Crippen LogP contribution in [0.1, 0.15) is 6.92 Å². The molecule has 0 heterocycles. The van der Waals surface area contributed by atoms with E-state index in [0.29, 0.717) is 33.7 Å². The van der Waals surface area contributed by atoms with Crippen molar-refractivity contribution in [1.82, 2.24) is 0 Å². The van der Waals surface area contributed by atoms with E-state index in [2.05, 4.69) is 5.32 Å². The lowest BCUT2D eigenvalue weighted by Crippen LogP contribution is -2.30. The summed E-state index contributed by atoms with van der Waals surface area (Å²) in [7, 11) is 4.61. The van der Waals surface area contributed by atoms with Crippen molar-refractivity contribution in [3.63, 3.8) is 0 Å². The number of benzene rings is 2. The average Bonchev–Trinajstić information content (AvgIpc) is 2.61. The van der Waals surface area contributed by atoms with E-state index in [1.54, 1.807) is 57.5 Å². The third-order valence-electron chi connectivity index (χ3n) is 3.43. The Kier molecular flexibility index (Phi) is 6.36. The van der Waals surface area contributed by atoms with Gasteiger partial charge in [0.05, 0.1) is 26.4 Å². The number of amides is 1. The van der Waals surface area contributed by atoms with E-state index in [-0.39, 0.29) is 5.91 Å². The van der Waals surface area contributed by atoms with Crippen molar-refractivity contribution >= 4 is 23.2 Å². The van der Waals surface area contributed by atoms with Gasteiger partial charge in [0, 0.05) is 23.9 Å². The molecule has 0 aliphatic heterocycles. The SMILES string of the molecule is COc1cc(OC)cc(O[C@H](C)C(=O)Nc2ccc(OC)c(Cl)c2)c1. The summed E-state index contributed by atoms with van der Waals surface area (Å²) in [6.45, 7) is 1.65. The fourth-order valence-electron chi connectivity index (χ4n) is 2.10. The van der Waals surface area contributed by atoms with Crippen molar-refractivity contribution in [2.45, 2.75) is 13.0 Å². The van der Waals surface area contributed by atoms with Gasteiger partial charge in [-0.2, -0.15) is 0 Å². The summed E-state index contributed by atoms with van der Waals surface area (Å²) < 4.78 is 21.1. The highest BCUT2D eigenvalue weighted by Crippen LogP contribution is 2.29. The zero-order valence-electron chi connectivity index (χ0n) is 14.5. The Morgan fingerprint density at radius 1 is 0.960 bits per heavy atom. The predicted molar refractivity (Wildman–Crippen MR) is 96.3 cm³/mol.